The number of hydrogen-bond acceptors (Lipinski definition) is 5. The van der Waals surface area contributed by atoms with E-state index in [0.717, 1.165) is 58.0 Å². The van der Waals surface area contributed by atoms with E-state index in [0.29, 0.717) is 4.53 Å². The Balaban J connectivity index is 1.55. The highest BCUT2D eigenvalue weighted by Crippen LogP contribution is 2.41. The van der Waals surface area contributed by atoms with E-state index in [1.165, 1.54) is 22.5 Å². The van der Waals surface area contributed by atoms with Gasteiger partial charge in [-0.25, -0.2) is 4.99 Å². The molecule has 0 saturated carbocycles. The van der Waals surface area contributed by atoms with Crippen molar-refractivity contribution < 1.29 is 9.47 Å². The molecule has 1 aliphatic heterocycles. The normalized spacial score (nSPS) is 18.1. The minimum Gasteiger partial charge on any atom is -0.497 e. The maximum absolute atomic E-state index is 13.8. The molecule has 2 aliphatic rings. The first kappa shape index (κ1) is 24.2. The quantitative estimate of drug-likeness (QED) is 0.349. The van der Waals surface area contributed by atoms with Gasteiger partial charge in [0.05, 0.1) is 30.5 Å². The minimum absolute atomic E-state index is 0.00349. The molecule has 6 rings (SSSR count). The van der Waals surface area contributed by atoms with E-state index in [9.17, 15) is 4.79 Å². The Kier molecular flexibility index (Phi) is 6.56. The maximum Gasteiger partial charge on any atom is 0.271 e. The number of benzene rings is 3. The number of methoxy groups -OCH3 is 2. The zero-order valence-corrected chi connectivity index (χ0v) is 22.2. The minimum atomic E-state index is -0.204. The van der Waals surface area contributed by atoms with Crippen LogP contribution in [0.5, 0.6) is 11.5 Å². The van der Waals surface area contributed by atoms with Crippen molar-refractivity contribution in [1.29, 1.82) is 0 Å². The Morgan fingerprint density at radius 1 is 0.842 bits per heavy atom. The molecule has 0 N–H and O–H groups in total. The Bertz CT molecular complexity index is 1710. The van der Waals surface area contributed by atoms with Crippen LogP contribution in [0.4, 0.5) is 0 Å². The third-order valence-corrected chi connectivity index (χ3v) is 8.10. The summed E-state index contributed by atoms with van der Waals surface area (Å²) in [6, 6.07) is 25.9. The van der Waals surface area contributed by atoms with E-state index < -0.39 is 0 Å². The third kappa shape index (κ3) is 4.52. The molecule has 0 amide bonds. The number of aromatic nitrogens is 1. The lowest BCUT2D eigenvalue weighted by Gasteiger charge is -2.31. The Hall–Kier alpha value is -4.16. The van der Waals surface area contributed by atoms with Crippen molar-refractivity contribution in [3.63, 3.8) is 0 Å². The van der Waals surface area contributed by atoms with Crippen molar-refractivity contribution in [1.82, 2.24) is 4.57 Å². The van der Waals surface area contributed by atoms with E-state index in [2.05, 4.69) is 30.3 Å². The smallest absolute Gasteiger partial charge is 0.271 e. The first-order valence-electron chi connectivity index (χ1n) is 12.7. The molecule has 1 aromatic heterocycles. The summed E-state index contributed by atoms with van der Waals surface area (Å²) in [7, 11) is 3.34. The Morgan fingerprint density at radius 3 is 2.18 bits per heavy atom. The zero-order valence-electron chi connectivity index (χ0n) is 21.4. The number of hydrogen-bond donors (Lipinski definition) is 0. The van der Waals surface area contributed by atoms with Crippen molar-refractivity contribution in [2.45, 2.75) is 25.3 Å². The Labute approximate surface area is 225 Å². The maximum atomic E-state index is 13.8. The summed E-state index contributed by atoms with van der Waals surface area (Å²) in [5.74, 6) is 1.63. The summed E-state index contributed by atoms with van der Waals surface area (Å²) in [6.07, 6.45) is 7.05. The van der Waals surface area contributed by atoms with Gasteiger partial charge in [-0.3, -0.25) is 9.36 Å². The SMILES string of the molecule is COc1ccc(C=C2CCCC3=C2N=c2sc(=Cc4ccccc4)c(=O)n2C3c2ccc(OC)cc2)cc1. The average Bonchev–Trinajstić information content (AvgIpc) is 3.27. The monoisotopic (exact) mass is 520 g/mol. The number of rotatable bonds is 5. The van der Waals surface area contributed by atoms with Gasteiger partial charge in [-0.1, -0.05) is 65.9 Å². The van der Waals surface area contributed by atoms with Gasteiger partial charge in [0, 0.05) is 0 Å². The highest BCUT2D eigenvalue weighted by Gasteiger charge is 2.32. The molecule has 4 aromatic rings. The predicted molar refractivity (Wildman–Crippen MR) is 152 cm³/mol. The van der Waals surface area contributed by atoms with E-state index in [-0.39, 0.29) is 11.6 Å². The average molecular weight is 521 g/mol. The number of fused-ring (bicyclic) bond motifs is 1. The van der Waals surface area contributed by atoms with Crippen molar-refractivity contribution in [2.24, 2.45) is 4.99 Å². The summed E-state index contributed by atoms with van der Waals surface area (Å²) in [5.41, 5.74) is 6.58. The third-order valence-electron chi connectivity index (χ3n) is 7.12. The van der Waals surface area contributed by atoms with E-state index in [1.807, 2.05) is 65.2 Å². The lowest BCUT2D eigenvalue weighted by Crippen LogP contribution is -2.39. The summed E-state index contributed by atoms with van der Waals surface area (Å²) in [4.78, 5) is 19.7. The predicted octanol–water partition coefficient (Wildman–Crippen LogP) is 5.50. The van der Waals surface area contributed by atoms with Gasteiger partial charge < -0.3 is 9.47 Å². The summed E-state index contributed by atoms with van der Waals surface area (Å²) >= 11 is 1.46. The van der Waals surface area contributed by atoms with Gasteiger partial charge in [-0.05, 0) is 83.5 Å². The van der Waals surface area contributed by atoms with Crippen LogP contribution in [-0.2, 0) is 0 Å². The molecule has 2 heterocycles. The molecule has 190 valence electrons. The van der Waals surface area contributed by atoms with Crippen molar-refractivity contribution in [3.05, 3.63) is 132 Å². The van der Waals surface area contributed by atoms with Crippen LogP contribution in [0, 0.1) is 0 Å². The topological polar surface area (TPSA) is 52.8 Å². The van der Waals surface area contributed by atoms with Gasteiger partial charge >= 0.3 is 0 Å². The highest BCUT2D eigenvalue weighted by molar-refractivity contribution is 7.07. The van der Waals surface area contributed by atoms with E-state index in [4.69, 9.17) is 14.5 Å². The molecule has 0 spiro atoms. The first-order valence-corrected chi connectivity index (χ1v) is 13.5. The second-order valence-corrected chi connectivity index (χ2v) is 10.4. The molecule has 0 fully saturated rings. The van der Waals surface area contributed by atoms with Gasteiger partial charge in [-0.2, -0.15) is 0 Å². The fourth-order valence-corrected chi connectivity index (χ4v) is 6.25. The van der Waals surface area contributed by atoms with Gasteiger partial charge in [-0.15, -0.1) is 0 Å². The van der Waals surface area contributed by atoms with Crippen LogP contribution in [0.15, 0.2) is 105 Å². The largest absolute Gasteiger partial charge is 0.497 e. The summed E-state index contributed by atoms with van der Waals surface area (Å²) in [6.45, 7) is 0. The molecule has 0 bridgehead atoms. The van der Waals surface area contributed by atoms with Crippen molar-refractivity contribution in [3.8, 4) is 11.5 Å². The van der Waals surface area contributed by atoms with Crippen LogP contribution in [0.25, 0.3) is 12.2 Å². The molecule has 3 aromatic carbocycles. The van der Waals surface area contributed by atoms with Crippen molar-refractivity contribution in [2.75, 3.05) is 14.2 Å². The van der Waals surface area contributed by atoms with Gasteiger partial charge in [0.1, 0.15) is 11.5 Å². The number of allylic oxidation sites excluding steroid dienone is 2. The molecule has 38 heavy (non-hydrogen) atoms. The number of nitrogens with zero attached hydrogens (tertiary/aromatic N) is 2. The molecular formula is C32H28N2O3S. The van der Waals surface area contributed by atoms with Gasteiger partial charge in [0.15, 0.2) is 4.80 Å². The van der Waals surface area contributed by atoms with E-state index >= 15 is 0 Å². The van der Waals surface area contributed by atoms with Crippen LogP contribution in [0.3, 0.4) is 0 Å². The number of ether oxygens (including phenoxy) is 2. The zero-order chi connectivity index (χ0) is 26.1. The van der Waals surface area contributed by atoms with Crippen LogP contribution < -0.4 is 24.4 Å². The fraction of sp³-hybridized carbons (Fsp3) is 0.188. The molecule has 0 radical (unpaired) electrons. The second-order valence-electron chi connectivity index (χ2n) is 9.44. The van der Waals surface area contributed by atoms with Crippen LogP contribution in [-0.4, -0.2) is 18.8 Å². The van der Waals surface area contributed by atoms with Crippen LogP contribution in [0.2, 0.25) is 0 Å². The number of thiazole rings is 1. The van der Waals surface area contributed by atoms with Crippen molar-refractivity contribution >= 4 is 23.5 Å². The van der Waals surface area contributed by atoms with Crippen LogP contribution in [0.1, 0.15) is 42.0 Å². The second kappa shape index (κ2) is 10.3. The molecule has 0 saturated heterocycles. The van der Waals surface area contributed by atoms with E-state index in [1.54, 1.807) is 14.2 Å². The molecular weight excluding hydrogens is 492 g/mol. The first-order chi connectivity index (χ1) is 18.6. The van der Waals surface area contributed by atoms with Crippen LogP contribution >= 0.6 is 11.3 Å². The standard InChI is InChI=1S/C32H28N2O3S/c1-36-25-15-11-22(12-16-25)19-24-9-6-10-27-29(24)33-32-34(30(27)23-13-17-26(37-2)18-14-23)31(35)28(38-32)20-21-7-4-3-5-8-21/h3-5,7-8,11-20,30H,6,9-10H2,1-2H3. The molecule has 1 unspecified atom stereocenters. The highest BCUT2D eigenvalue weighted by atomic mass is 32.1. The summed E-state index contributed by atoms with van der Waals surface area (Å²) < 4.78 is 13.3. The Morgan fingerprint density at radius 2 is 1.50 bits per heavy atom. The molecule has 6 heteroatoms. The molecule has 5 nitrogen and oxygen atoms in total. The lowest BCUT2D eigenvalue weighted by molar-refractivity contribution is 0.414. The lowest BCUT2D eigenvalue weighted by atomic mass is 9.84. The fourth-order valence-electron chi connectivity index (χ4n) is 5.24. The summed E-state index contributed by atoms with van der Waals surface area (Å²) in [5, 5.41) is 0. The van der Waals surface area contributed by atoms with Gasteiger partial charge in [0.2, 0.25) is 0 Å². The molecule has 1 aliphatic carbocycles. The molecule has 1 atom stereocenters. The van der Waals surface area contributed by atoms with Gasteiger partial charge in [0.25, 0.3) is 5.56 Å².